The fourth-order valence-electron chi connectivity index (χ4n) is 3.50. The number of aryl methyl sites for hydroxylation is 2. The van der Waals surface area contributed by atoms with E-state index in [0.29, 0.717) is 37.3 Å². The van der Waals surface area contributed by atoms with E-state index in [2.05, 4.69) is 25.6 Å². The molecule has 3 aromatic heterocycles. The number of amides is 2. The van der Waals surface area contributed by atoms with Crippen LogP contribution in [0.3, 0.4) is 0 Å². The molecule has 29 heavy (non-hydrogen) atoms. The number of hydrogen-bond acceptors (Lipinski definition) is 5. The van der Waals surface area contributed by atoms with Crippen molar-refractivity contribution in [2.24, 2.45) is 0 Å². The first-order valence-corrected chi connectivity index (χ1v) is 9.64. The Bertz CT molecular complexity index is 1040. The van der Waals surface area contributed by atoms with Gasteiger partial charge < -0.3 is 10.2 Å². The molecule has 2 amide bonds. The Kier molecular flexibility index (Phi) is 5.11. The minimum absolute atomic E-state index is 0.0522. The van der Waals surface area contributed by atoms with E-state index >= 15 is 0 Å². The number of H-pyrrole nitrogens is 1. The van der Waals surface area contributed by atoms with Crippen molar-refractivity contribution < 1.29 is 9.59 Å². The van der Waals surface area contributed by atoms with Gasteiger partial charge in [-0.3, -0.25) is 24.4 Å². The van der Waals surface area contributed by atoms with Crippen molar-refractivity contribution in [3.63, 3.8) is 0 Å². The van der Waals surface area contributed by atoms with E-state index < -0.39 is 0 Å². The quantitative estimate of drug-likeness (QED) is 0.682. The van der Waals surface area contributed by atoms with Crippen LogP contribution < -0.4 is 5.32 Å². The van der Waals surface area contributed by atoms with Gasteiger partial charge in [0.2, 0.25) is 0 Å². The molecule has 0 saturated heterocycles. The van der Waals surface area contributed by atoms with Crippen LogP contribution in [0.25, 0.3) is 0 Å². The Balaban J connectivity index is 1.44. The second kappa shape index (κ2) is 7.86. The van der Waals surface area contributed by atoms with E-state index in [9.17, 15) is 9.59 Å². The van der Waals surface area contributed by atoms with Gasteiger partial charge in [0.15, 0.2) is 5.69 Å². The van der Waals surface area contributed by atoms with Crippen LogP contribution in [0, 0.1) is 6.92 Å². The third kappa shape index (κ3) is 3.75. The lowest BCUT2D eigenvalue weighted by Gasteiger charge is -2.26. The van der Waals surface area contributed by atoms with E-state index in [-0.39, 0.29) is 11.8 Å². The van der Waals surface area contributed by atoms with Crippen LogP contribution in [-0.2, 0) is 26.1 Å². The van der Waals surface area contributed by atoms with Crippen LogP contribution in [0.2, 0.25) is 0 Å². The largest absolute Gasteiger partial charge is 0.345 e. The van der Waals surface area contributed by atoms with Crippen molar-refractivity contribution in [1.29, 1.82) is 0 Å². The van der Waals surface area contributed by atoms with Crippen LogP contribution in [-0.4, -0.2) is 48.2 Å². The monoisotopic (exact) mass is 393 g/mol. The second-order valence-electron chi connectivity index (χ2n) is 6.99. The Morgan fingerprint density at radius 3 is 2.90 bits per heavy atom. The Morgan fingerprint density at radius 2 is 2.17 bits per heavy atom. The molecule has 0 aliphatic carbocycles. The number of nitrogens with one attached hydrogen (secondary N) is 2. The number of carbonyl (C=O) groups excluding carboxylic acids is 2. The molecule has 150 valence electrons. The third-order valence-electron chi connectivity index (χ3n) is 5.09. The van der Waals surface area contributed by atoms with E-state index in [4.69, 9.17) is 0 Å². The van der Waals surface area contributed by atoms with Gasteiger partial charge in [-0.25, -0.2) is 0 Å². The zero-order valence-electron chi connectivity index (χ0n) is 16.5. The van der Waals surface area contributed by atoms with Crippen LogP contribution >= 0.6 is 0 Å². The van der Waals surface area contributed by atoms with E-state index in [1.54, 1.807) is 22.0 Å². The maximum atomic E-state index is 12.9. The number of fused-ring (bicyclic) bond motifs is 1. The molecule has 2 N–H and O–H groups in total. The number of pyridine rings is 1. The van der Waals surface area contributed by atoms with Gasteiger partial charge in [-0.1, -0.05) is 6.07 Å². The average molecular weight is 393 g/mol. The number of aromatic amines is 1. The summed E-state index contributed by atoms with van der Waals surface area (Å²) in [6, 6.07) is 5.56. The summed E-state index contributed by atoms with van der Waals surface area (Å²) in [6.45, 7) is 5.81. The summed E-state index contributed by atoms with van der Waals surface area (Å²) < 4.78 is 1.76. The summed E-state index contributed by atoms with van der Waals surface area (Å²) in [5.41, 5.74) is 4.18. The SMILES string of the molecule is CCn1cc(C(=O)N2CCc3c(C(=O)NCc4ccccn4)n[nH]c3C2)c(C)n1. The second-order valence-corrected chi connectivity index (χ2v) is 6.99. The predicted molar refractivity (Wildman–Crippen MR) is 105 cm³/mol. The van der Waals surface area contributed by atoms with Crippen LogP contribution in [0.1, 0.15) is 50.4 Å². The van der Waals surface area contributed by atoms with Crippen molar-refractivity contribution in [2.75, 3.05) is 6.54 Å². The Hall–Kier alpha value is -3.49. The molecule has 0 unspecified atom stereocenters. The van der Waals surface area contributed by atoms with Crippen LogP contribution in [0.4, 0.5) is 0 Å². The minimum Gasteiger partial charge on any atom is -0.345 e. The lowest BCUT2D eigenvalue weighted by molar-refractivity contribution is 0.0731. The molecule has 1 aliphatic heterocycles. The molecular formula is C20H23N7O2. The van der Waals surface area contributed by atoms with Crippen molar-refractivity contribution in [3.8, 4) is 0 Å². The summed E-state index contributed by atoms with van der Waals surface area (Å²) in [4.78, 5) is 31.4. The molecule has 0 spiro atoms. The topological polar surface area (TPSA) is 109 Å². The molecule has 4 rings (SSSR count). The van der Waals surface area contributed by atoms with Crippen molar-refractivity contribution in [2.45, 2.75) is 39.9 Å². The maximum absolute atomic E-state index is 12.9. The van der Waals surface area contributed by atoms with Gasteiger partial charge in [0, 0.05) is 31.0 Å². The van der Waals surface area contributed by atoms with Crippen LogP contribution in [0.15, 0.2) is 30.6 Å². The highest BCUT2D eigenvalue weighted by molar-refractivity contribution is 5.96. The zero-order valence-corrected chi connectivity index (χ0v) is 16.5. The average Bonchev–Trinajstić information content (AvgIpc) is 3.35. The van der Waals surface area contributed by atoms with Gasteiger partial charge in [0.05, 0.1) is 35.7 Å². The molecule has 1 aliphatic rings. The lowest BCUT2D eigenvalue weighted by Crippen LogP contribution is -2.36. The molecular weight excluding hydrogens is 370 g/mol. The third-order valence-corrected chi connectivity index (χ3v) is 5.09. The molecule has 9 nitrogen and oxygen atoms in total. The van der Waals surface area contributed by atoms with Gasteiger partial charge >= 0.3 is 0 Å². The first-order valence-electron chi connectivity index (χ1n) is 9.64. The normalized spacial score (nSPS) is 13.2. The van der Waals surface area contributed by atoms with E-state index in [1.165, 1.54) is 0 Å². The van der Waals surface area contributed by atoms with Crippen LogP contribution in [0.5, 0.6) is 0 Å². The number of carbonyl (C=O) groups is 2. The fourth-order valence-corrected chi connectivity index (χ4v) is 3.50. The first kappa shape index (κ1) is 18.9. The summed E-state index contributed by atoms with van der Waals surface area (Å²) in [7, 11) is 0. The zero-order chi connectivity index (χ0) is 20.4. The smallest absolute Gasteiger partial charge is 0.272 e. The molecule has 0 radical (unpaired) electrons. The first-order chi connectivity index (χ1) is 14.1. The van der Waals surface area contributed by atoms with Gasteiger partial charge in [0.1, 0.15) is 0 Å². The van der Waals surface area contributed by atoms with Crippen molar-refractivity contribution in [1.82, 2.24) is 35.2 Å². The highest BCUT2D eigenvalue weighted by atomic mass is 16.2. The van der Waals surface area contributed by atoms with E-state index in [0.717, 1.165) is 29.2 Å². The standard InChI is InChI=1S/C20H23N7O2/c1-3-27-11-16(13(2)25-27)20(29)26-9-7-15-17(12-26)23-24-18(15)19(28)22-10-14-6-4-5-8-21-14/h4-6,8,11H,3,7,9-10,12H2,1-2H3,(H,22,28)(H,23,24). The van der Waals surface area contributed by atoms with Gasteiger partial charge in [-0.05, 0) is 32.4 Å². The molecule has 4 heterocycles. The Morgan fingerprint density at radius 1 is 1.31 bits per heavy atom. The maximum Gasteiger partial charge on any atom is 0.272 e. The number of rotatable bonds is 5. The molecule has 0 saturated carbocycles. The molecule has 0 fully saturated rings. The van der Waals surface area contributed by atoms with Gasteiger partial charge in [0.25, 0.3) is 11.8 Å². The number of aromatic nitrogens is 5. The van der Waals surface area contributed by atoms with Crippen molar-refractivity contribution in [3.05, 3.63) is 64.5 Å². The molecule has 9 heteroatoms. The lowest BCUT2D eigenvalue weighted by atomic mass is 10.0. The minimum atomic E-state index is -0.243. The summed E-state index contributed by atoms with van der Waals surface area (Å²) >= 11 is 0. The summed E-state index contributed by atoms with van der Waals surface area (Å²) in [5, 5.41) is 14.3. The van der Waals surface area contributed by atoms with Gasteiger partial charge in [-0.15, -0.1) is 0 Å². The number of hydrogen-bond donors (Lipinski definition) is 2. The summed E-state index contributed by atoms with van der Waals surface area (Å²) in [6.07, 6.45) is 4.05. The molecule has 0 aromatic carbocycles. The predicted octanol–water partition coefficient (Wildman–Crippen LogP) is 1.46. The Labute approximate surface area is 168 Å². The highest BCUT2D eigenvalue weighted by Gasteiger charge is 2.29. The van der Waals surface area contributed by atoms with Gasteiger partial charge in [-0.2, -0.15) is 10.2 Å². The summed E-state index contributed by atoms with van der Waals surface area (Å²) in [5.74, 6) is -0.295. The molecule has 3 aromatic rings. The van der Waals surface area contributed by atoms with Crippen molar-refractivity contribution >= 4 is 11.8 Å². The molecule has 0 atom stereocenters. The molecule has 0 bridgehead atoms. The fraction of sp³-hybridized carbons (Fsp3) is 0.350. The number of nitrogens with zero attached hydrogens (tertiary/aromatic N) is 5. The highest BCUT2D eigenvalue weighted by Crippen LogP contribution is 2.22. The van der Waals surface area contributed by atoms with E-state index in [1.807, 2.05) is 32.0 Å².